The van der Waals surface area contributed by atoms with E-state index in [1.165, 1.54) is 166 Å². The van der Waals surface area contributed by atoms with Crippen LogP contribution < -0.4 is 0 Å². The van der Waals surface area contributed by atoms with Gasteiger partial charge >= 0.3 is 0 Å². The minimum absolute atomic E-state index is 0. The summed E-state index contributed by atoms with van der Waals surface area (Å²) in [5.41, 5.74) is 14.9. The van der Waals surface area contributed by atoms with Crippen LogP contribution in [0.2, 0.25) is 0 Å². The second-order valence-electron chi connectivity index (χ2n) is 34.6. The molecule has 145 heavy (non-hydrogen) atoms. The van der Waals surface area contributed by atoms with Crippen molar-refractivity contribution in [2.24, 2.45) is 0 Å². The Morgan fingerprint density at radius 2 is 0.400 bits per heavy atom. The summed E-state index contributed by atoms with van der Waals surface area (Å²) >= 11 is 57.3. The van der Waals surface area contributed by atoms with Gasteiger partial charge in [0.1, 0.15) is 8.16 Å². The third-order valence-electron chi connectivity index (χ3n) is 26.9. The van der Waals surface area contributed by atoms with Gasteiger partial charge in [0.15, 0.2) is 0 Å². The predicted molar refractivity (Wildman–Crippen MR) is 584 cm³/mol. The van der Waals surface area contributed by atoms with Gasteiger partial charge in [0.2, 0.25) is 0 Å². The first-order chi connectivity index (χ1) is 66.7. The van der Waals surface area contributed by atoms with Gasteiger partial charge in [0.05, 0.1) is 10.7 Å². The number of halogens is 28. The van der Waals surface area contributed by atoms with E-state index in [1.54, 1.807) is 122 Å². The second-order valence-corrected chi connectivity index (χ2v) is 49.7. The van der Waals surface area contributed by atoms with Gasteiger partial charge in [-0.25, -0.2) is 0 Å². The predicted octanol–water partition coefficient (Wildman–Crippen LogP) is 40.4. The molecular weight excluding hydrogens is 2830 g/mol. The summed E-state index contributed by atoms with van der Waals surface area (Å²) in [6, 6.07) is 73.7. The van der Waals surface area contributed by atoms with Gasteiger partial charge in [-0.15, -0.1) is 93.5 Å². The molecule has 2 spiro atoms. The average Bonchev–Trinajstić information content (AvgIpc) is 1.53. The number of rotatable bonds is 0. The molecule has 0 aromatic heterocycles. The van der Waals surface area contributed by atoms with Crippen molar-refractivity contribution < 1.29 is 112 Å². The Labute approximate surface area is 955 Å². The number of thioether (sulfide) groups is 4. The standard InChI is InChI=1S/C24H18S4.C22H14F4.C20H8Br2F4.C20H8F4I2.C20H10F4.CCl4.2CH2Cl2.2CH3.2W/c1-3-7-19-15(5-1)17-13-22-18(14-21(17)23(19)25-9-10-26-23)16-6-2-4-8-20(16)24(22)27-11-12-28-24;1-11-3-5-13-15-9-20-16(10-19(15)21(23,24)17(13)7-11)14-6-4-12(2)8-18(14)22(20,25)26;21-9-1-3-11-13-7-18-14(8-17(13)19(23,24)15(11)5-9)12-4-2-10(22)6-16(12)20(18,25)26;21-19(22)15-5-9(25)1-3-11(15)13-7-18-14(8-17(13)19)12-4-2-10(26)6-16(12)20(18,23)24;21-19(22)15-7-3-1-5-11(15)13-9-18-14(10-17(13)19)12-6-2-4-8-16(12)20(18,23)24;2-1(3,4)5;2*2-1-3;;;;/h1-8,13-14H,9-12H2;3-10H,1-2H3;2*1-8H;1-10H;;2*1H2;2*1H3;;/q;;;;;;;;2*-1;;. The molecule has 0 atom stereocenters. The zero-order valence-corrected chi connectivity index (χ0v) is 97.8. The van der Waals surface area contributed by atoms with Gasteiger partial charge in [-0.3, -0.25) is 0 Å². The molecule has 10 aliphatic carbocycles. The maximum atomic E-state index is 15.0. The van der Waals surface area contributed by atoms with E-state index in [-0.39, 0.29) is 209 Å². The topological polar surface area (TPSA) is 0 Å². The molecule has 12 aliphatic rings. The van der Waals surface area contributed by atoms with Crippen LogP contribution in [0.3, 0.4) is 0 Å². The molecule has 34 heteroatoms. The van der Waals surface area contributed by atoms with E-state index in [0.29, 0.717) is 60.6 Å². The molecule has 0 amide bonds. The Morgan fingerprint density at radius 1 is 0.234 bits per heavy atom. The van der Waals surface area contributed by atoms with Crippen LogP contribution in [0.1, 0.15) is 122 Å². The van der Waals surface area contributed by atoms with E-state index >= 15 is 35.1 Å². The van der Waals surface area contributed by atoms with E-state index in [2.05, 4.69) is 140 Å². The molecule has 0 bridgehead atoms. The second kappa shape index (κ2) is 41.2. The number of hydrogen-bond acceptors (Lipinski definition) is 4. The molecule has 0 N–H and O–H groups in total. The Hall–Kier alpha value is -5.30. The zero-order chi connectivity index (χ0) is 100. The van der Waals surface area contributed by atoms with Crippen molar-refractivity contribution in [1.82, 2.24) is 0 Å². The van der Waals surface area contributed by atoms with E-state index in [4.69, 9.17) is 92.8 Å². The fraction of sp³-hybridized carbons (Fsp3) is 0.171. The number of hydrogen-bond donors (Lipinski definition) is 0. The van der Waals surface area contributed by atoms with Crippen LogP contribution in [0, 0.1) is 35.8 Å². The maximum Gasteiger partial charge on any atom is 0.299 e. The van der Waals surface area contributed by atoms with Crippen LogP contribution in [0.25, 0.3) is 111 Å². The summed E-state index contributed by atoms with van der Waals surface area (Å²) in [4.78, 5) is 0. The summed E-state index contributed by atoms with van der Waals surface area (Å²) in [6.07, 6.45) is 0. The number of aryl methyl sites for hydroxylation is 2. The molecule has 15 aromatic rings. The number of fused-ring (bicyclic) bond motifs is 34. The molecule has 0 saturated carbocycles. The normalized spacial score (nSPS) is 17.2. The summed E-state index contributed by atoms with van der Waals surface area (Å²) in [7, 11) is 0. The summed E-state index contributed by atoms with van der Waals surface area (Å²) in [5, 5.41) is 0.389. The van der Waals surface area contributed by atoms with E-state index in [9.17, 15) is 35.1 Å². The summed E-state index contributed by atoms with van der Waals surface area (Å²) in [5.74, 6) is -20.6. The average molecular weight is 2900 g/mol. The Morgan fingerprint density at radius 3 is 0.648 bits per heavy atom. The molecule has 27 rings (SSSR count). The first kappa shape index (κ1) is 112. The van der Waals surface area contributed by atoms with Crippen LogP contribution in [0.5, 0.6) is 0 Å². The number of alkyl halides is 24. The van der Waals surface area contributed by atoms with E-state index < -0.39 is 50.6 Å². The van der Waals surface area contributed by atoms with Crippen molar-refractivity contribution >= 4 is 217 Å². The van der Waals surface area contributed by atoms with Crippen LogP contribution >= 0.6 is 217 Å². The molecule has 2 aliphatic heterocycles. The number of benzene rings is 15. The fourth-order valence-corrected chi connectivity index (χ4v) is 29.6. The largest absolute Gasteiger partial charge is 0.358 e. The molecule has 0 radical (unpaired) electrons. The quantitative estimate of drug-likeness (QED) is 0.0642. The minimum atomic E-state index is -3.23. The van der Waals surface area contributed by atoms with Gasteiger partial charge in [-0.2, -0.15) is 70.2 Å². The smallest absolute Gasteiger partial charge is 0.299 e. The van der Waals surface area contributed by atoms with Gasteiger partial charge < -0.3 is 14.9 Å². The molecule has 15 aromatic carbocycles. The molecule has 2 heterocycles. The molecule has 2 saturated heterocycles. The zero-order valence-electron chi connectivity index (χ0n) is 75.2. The third-order valence-corrected chi connectivity index (χ3v) is 36.2. The van der Waals surface area contributed by atoms with Crippen molar-refractivity contribution in [2.45, 2.75) is 72.6 Å². The van der Waals surface area contributed by atoms with Crippen molar-refractivity contribution in [3.63, 3.8) is 0 Å². The van der Waals surface area contributed by atoms with Crippen molar-refractivity contribution in [1.29, 1.82) is 0 Å². The van der Waals surface area contributed by atoms with Crippen molar-refractivity contribution in [3.05, 3.63) is 420 Å². The molecule has 0 nitrogen and oxygen atoms in total. The first-order valence-electron chi connectivity index (χ1n) is 43.1. The Kier molecular flexibility index (Phi) is 31.9. The first-order valence-corrected chi connectivity index (χ1v) is 54.4. The Bertz CT molecular complexity index is 6920. The van der Waals surface area contributed by atoms with Crippen LogP contribution in [0.15, 0.2) is 276 Å². The van der Waals surface area contributed by atoms with Crippen molar-refractivity contribution in [2.75, 3.05) is 33.7 Å². The monoisotopic (exact) mass is 2890 g/mol. The van der Waals surface area contributed by atoms with Gasteiger partial charge in [-0.05, 0) is 314 Å². The molecular formula is C111H68Br2Cl8F16I2S4W2-2. The van der Waals surface area contributed by atoms with Gasteiger partial charge in [0, 0.05) is 170 Å². The minimum Gasteiger partial charge on any atom is -0.358 e. The Balaban J connectivity index is 0.000000126. The van der Waals surface area contributed by atoms with Crippen molar-refractivity contribution in [3.8, 4) is 111 Å². The van der Waals surface area contributed by atoms with E-state index in [1.807, 2.05) is 45.2 Å². The van der Waals surface area contributed by atoms with Gasteiger partial charge in [0.25, 0.3) is 50.6 Å². The SMILES string of the molecule is Cc1ccc2c(c1)C(F)(F)c1cc3c(cc1-2)C(F)(F)c1cc(C)ccc1-3.ClC(Cl)(Cl)Cl.ClCCl.ClCCl.FC1(F)c2cc(Br)ccc2-c2cc3c(cc21)-c1ccc(Br)cc1C3(F)F.FC1(F)c2cc(I)ccc2-c2cc3c(cc21)-c1ccc(I)cc1C3(F)F.FC1(F)c2ccccc2-c2cc3c(cc21)-c1ccccc1C3(F)F.[CH3-].[CH3-].[W].[W].c1ccc2c(c1)-c1cc3c(cc1C21SCCS1)-c1ccccc1C31SCCS1. The molecule has 746 valence electrons. The maximum absolute atomic E-state index is 15.0. The molecule has 2 fully saturated rings. The third kappa shape index (κ3) is 18.5. The molecule has 0 unspecified atom stereocenters. The van der Waals surface area contributed by atoms with E-state index in [0.717, 1.165) is 11.1 Å². The summed E-state index contributed by atoms with van der Waals surface area (Å²) < 4.78 is 240. The van der Waals surface area contributed by atoms with Crippen LogP contribution in [-0.4, -0.2) is 36.9 Å². The van der Waals surface area contributed by atoms with Crippen LogP contribution in [-0.2, 0) is 97.7 Å². The van der Waals surface area contributed by atoms with Crippen LogP contribution in [0.4, 0.5) is 70.2 Å². The van der Waals surface area contributed by atoms with Gasteiger partial charge in [-0.1, -0.05) is 235 Å². The fourth-order valence-electron chi connectivity index (χ4n) is 21.1. The summed E-state index contributed by atoms with van der Waals surface area (Å²) in [6.45, 7) is 3.48.